The third kappa shape index (κ3) is 5.95. The van der Waals surface area contributed by atoms with Crippen molar-refractivity contribution in [2.24, 2.45) is 0 Å². The van der Waals surface area contributed by atoms with Crippen molar-refractivity contribution < 1.29 is 9.59 Å². The number of nitrogens with zero attached hydrogens (tertiary/aromatic N) is 1. The molecular formula is C16H25N3O2. The van der Waals surface area contributed by atoms with Gasteiger partial charge in [-0.3, -0.25) is 14.5 Å². The summed E-state index contributed by atoms with van der Waals surface area (Å²) in [4.78, 5) is 25.7. The maximum Gasteiger partial charge on any atom is 0.237 e. The molecule has 0 aliphatic carbocycles. The Labute approximate surface area is 126 Å². The lowest BCUT2D eigenvalue weighted by molar-refractivity contribution is -0.128. The number of nitrogens with one attached hydrogen (secondary N) is 2. The fraction of sp³-hybridized carbons (Fsp3) is 0.500. The Morgan fingerprint density at radius 1 is 1.14 bits per heavy atom. The van der Waals surface area contributed by atoms with E-state index in [9.17, 15) is 9.59 Å². The Kier molecular flexibility index (Phi) is 7.46. The van der Waals surface area contributed by atoms with Gasteiger partial charge in [0, 0.05) is 13.1 Å². The second-order valence-corrected chi connectivity index (χ2v) is 4.90. The Morgan fingerprint density at radius 2 is 1.81 bits per heavy atom. The van der Waals surface area contributed by atoms with E-state index in [-0.39, 0.29) is 24.4 Å². The van der Waals surface area contributed by atoms with Crippen LogP contribution in [0.5, 0.6) is 0 Å². The molecule has 0 unspecified atom stereocenters. The first-order chi connectivity index (χ1) is 10.1. The van der Waals surface area contributed by atoms with E-state index in [4.69, 9.17) is 0 Å². The minimum absolute atomic E-state index is 0.0536. The van der Waals surface area contributed by atoms with E-state index < -0.39 is 0 Å². The van der Waals surface area contributed by atoms with Gasteiger partial charge >= 0.3 is 0 Å². The highest BCUT2D eigenvalue weighted by atomic mass is 16.2. The number of carbonyl (C=O) groups is 2. The number of amides is 2. The Morgan fingerprint density at radius 3 is 2.38 bits per heavy atom. The van der Waals surface area contributed by atoms with Gasteiger partial charge in [-0.2, -0.15) is 0 Å². The number of hydrogen-bond donors (Lipinski definition) is 2. The van der Waals surface area contributed by atoms with Gasteiger partial charge in [0.05, 0.1) is 12.6 Å². The number of rotatable bonds is 8. The normalized spacial score (nSPS) is 12.0. The van der Waals surface area contributed by atoms with E-state index in [1.807, 2.05) is 56.0 Å². The Bertz CT molecular complexity index is 448. The first-order valence-corrected chi connectivity index (χ1v) is 7.40. The summed E-state index contributed by atoms with van der Waals surface area (Å²) in [6.45, 7) is 7.64. The smallest absolute Gasteiger partial charge is 0.237 e. The van der Waals surface area contributed by atoms with Crippen molar-refractivity contribution in [2.45, 2.75) is 33.4 Å². The highest BCUT2D eigenvalue weighted by molar-refractivity contribution is 5.83. The predicted molar refractivity (Wildman–Crippen MR) is 83.7 cm³/mol. The van der Waals surface area contributed by atoms with Gasteiger partial charge < -0.3 is 10.6 Å². The van der Waals surface area contributed by atoms with Gasteiger partial charge in [-0.15, -0.1) is 0 Å². The van der Waals surface area contributed by atoms with Gasteiger partial charge in [-0.25, -0.2) is 0 Å². The molecule has 1 aromatic rings. The van der Waals surface area contributed by atoms with Gasteiger partial charge in [0.25, 0.3) is 0 Å². The summed E-state index contributed by atoms with van der Waals surface area (Å²) in [6.07, 6.45) is 0. The van der Waals surface area contributed by atoms with Crippen LogP contribution >= 0.6 is 0 Å². The summed E-state index contributed by atoms with van der Waals surface area (Å²) in [7, 11) is 0. The van der Waals surface area contributed by atoms with E-state index in [2.05, 4.69) is 10.6 Å². The lowest BCUT2D eigenvalue weighted by Crippen LogP contribution is -2.48. The molecule has 0 spiro atoms. The maximum absolute atomic E-state index is 12.2. The lowest BCUT2D eigenvalue weighted by Gasteiger charge is -2.26. The zero-order chi connectivity index (χ0) is 15.7. The SMILES string of the molecule is CCNC(=O)CN(CC)[C@@H](C)C(=O)NCc1ccccc1. The molecule has 0 aliphatic heterocycles. The second-order valence-electron chi connectivity index (χ2n) is 4.90. The second kappa shape index (κ2) is 9.13. The van der Waals surface area contributed by atoms with Gasteiger partial charge in [-0.1, -0.05) is 37.3 Å². The molecule has 0 radical (unpaired) electrons. The summed E-state index contributed by atoms with van der Waals surface area (Å²) < 4.78 is 0. The van der Waals surface area contributed by atoms with Crippen LogP contribution in [-0.4, -0.2) is 42.4 Å². The molecule has 1 rings (SSSR count). The van der Waals surface area contributed by atoms with Gasteiger partial charge in [0.2, 0.25) is 11.8 Å². The molecule has 116 valence electrons. The largest absolute Gasteiger partial charge is 0.355 e. The fourth-order valence-electron chi connectivity index (χ4n) is 2.06. The topological polar surface area (TPSA) is 61.4 Å². The predicted octanol–water partition coefficient (Wildman–Crippen LogP) is 1.15. The summed E-state index contributed by atoms with van der Waals surface area (Å²) in [5, 5.41) is 5.66. The molecule has 0 saturated carbocycles. The standard InChI is InChI=1S/C16H25N3O2/c1-4-17-15(20)12-19(5-2)13(3)16(21)18-11-14-9-7-6-8-10-14/h6-10,13H,4-5,11-12H2,1-3H3,(H,17,20)(H,18,21)/t13-/m0/s1. The van der Waals surface area contributed by atoms with Crippen molar-refractivity contribution in [1.29, 1.82) is 0 Å². The van der Waals surface area contributed by atoms with Crippen LogP contribution in [-0.2, 0) is 16.1 Å². The molecular weight excluding hydrogens is 266 g/mol. The molecule has 0 saturated heterocycles. The molecule has 0 fully saturated rings. The van der Waals surface area contributed by atoms with Crippen LogP contribution in [0.25, 0.3) is 0 Å². The number of carbonyl (C=O) groups excluding carboxylic acids is 2. The summed E-state index contributed by atoms with van der Waals surface area (Å²) in [6, 6.07) is 9.44. The van der Waals surface area contributed by atoms with E-state index in [0.717, 1.165) is 5.56 Å². The first-order valence-electron chi connectivity index (χ1n) is 7.40. The van der Waals surface area contributed by atoms with Crippen molar-refractivity contribution in [2.75, 3.05) is 19.6 Å². The monoisotopic (exact) mass is 291 g/mol. The average Bonchev–Trinajstić information content (AvgIpc) is 2.51. The number of hydrogen-bond acceptors (Lipinski definition) is 3. The molecule has 2 amide bonds. The van der Waals surface area contributed by atoms with Gasteiger partial charge in [0.15, 0.2) is 0 Å². The van der Waals surface area contributed by atoms with Crippen molar-refractivity contribution in [3.05, 3.63) is 35.9 Å². The van der Waals surface area contributed by atoms with Crippen molar-refractivity contribution in [1.82, 2.24) is 15.5 Å². The average molecular weight is 291 g/mol. The molecule has 0 aliphatic rings. The van der Waals surface area contributed by atoms with E-state index in [1.165, 1.54) is 0 Å². The summed E-state index contributed by atoms with van der Waals surface area (Å²) in [5.74, 6) is -0.118. The zero-order valence-corrected chi connectivity index (χ0v) is 13.1. The third-order valence-corrected chi connectivity index (χ3v) is 3.36. The molecule has 5 nitrogen and oxygen atoms in total. The van der Waals surface area contributed by atoms with Crippen LogP contribution < -0.4 is 10.6 Å². The van der Waals surface area contributed by atoms with Crippen LogP contribution in [0, 0.1) is 0 Å². The van der Waals surface area contributed by atoms with Crippen LogP contribution in [0.15, 0.2) is 30.3 Å². The summed E-state index contributed by atoms with van der Waals surface area (Å²) >= 11 is 0. The quantitative estimate of drug-likeness (QED) is 0.755. The zero-order valence-electron chi connectivity index (χ0n) is 13.1. The van der Waals surface area contributed by atoms with Crippen LogP contribution in [0.4, 0.5) is 0 Å². The Hall–Kier alpha value is -1.88. The molecule has 1 atom stereocenters. The number of likely N-dealkylation sites (N-methyl/N-ethyl adjacent to an activating group) is 2. The highest BCUT2D eigenvalue weighted by Gasteiger charge is 2.21. The molecule has 1 aromatic carbocycles. The molecule has 2 N–H and O–H groups in total. The number of benzene rings is 1. The van der Waals surface area contributed by atoms with E-state index in [0.29, 0.717) is 19.6 Å². The van der Waals surface area contributed by atoms with Crippen LogP contribution in [0.1, 0.15) is 26.3 Å². The van der Waals surface area contributed by atoms with Crippen molar-refractivity contribution >= 4 is 11.8 Å². The molecule has 5 heteroatoms. The molecule has 0 bridgehead atoms. The minimum Gasteiger partial charge on any atom is -0.355 e. The van der Waals surface area contributed by atoms with Crippen LogP contribution in [0.3, 0.4) is 0 Å². The van der Waals surface area contributed by atoms with E-state index >= 15 is 0 Å². The lowest BCUT2D eigenvalue weighted by atomic mass is 10.2. The minimum atomic E-state index is -0.332. The Balaban J connectivity index is 2.49. The first kappa shape index (κ1) is 17.2. The maximum atomic E-state index is 12.2. The molecule has 0 heterocycles. The third-order valence-electron chi connectivity index (χ3n) is 3.36. The molecule has 0 aromatic heterocycles. The van der Waals surface area contributed by atoms with Crippen molar-refractivity contribution in [3.8, 4) is 0 Å². The molecule has 21 heavy (non-hydrogen) atoms. The van der Waals surface area contributed by atoms with E-state index in [1.54, 1.807) is 0 Å². The van der Waals surface area contributed by atoms with Gasteiger partial charge in [0.1, 0.15) is 0 Å². The van der Waals surface area contributed by atoms with Gasteiger partial charge in [-0.05, 0) is 26.0 Å². The fourth-order valence-corrected chi connectivity index (χ4v) is 2.06. The van der Waals surface area contributed by atoms with Crippen LogP contribution in [0.2, 0.25) is 0 Å². The highest BCUT2D eigenvalue weighted by Crippen LogP contribution is 2.01. The summed E-state index contributed by atoms with van der Waals surface area (Å²) in [5.41, 5.74) is 1.06. The van der Waals surface area contributed by atoms with Crippen molar-refractivity contribution in [3.63, 3.8) is 0 Å².